The van der Waals surface area contributed by atoms with Crippen molar-refractivity contribution in [3.63, 3.8) is 0 Å². The molecule has 6 nitrogen and oxygen atoms in total. The summed E-state index contributed by atoms with van der Waals surface area (Å²) in [6.07, 6.45) is 3.91. The molecule has 6 heteroatoms. The van der Waals surface area contributed by atoms with Crippen LogP contribution in [0.1, 0.15) is 54.0 Å². The van der Waals surface area contributed by atoms with E-state index in [0.29, 0.717) is 23.4 Å². The fourth-order valence-corrected chi connectivity index (χ4v) is 3.22. The summed E-state index contributed by atoms with van der Waals surface area (Å²) in [6.45, 7) is 8.63. The van der Waals surface area contributed by atoms with E-state index >= 15 is 0 Å². The smallest absolute Gasteiger partial charge is 0.299 e. The number of rotatable bonds is 6. The second kappa shape index (κ2) is 8.53. The molecule has 30 heavy (non-hydrogen) atoms. The quantitative estimate of drug-likeness (QED) is 0.564. The lowest BCUT2D eigenvalue weighted by Gasteiger charge is -2.21. The lowest BCUT2D eigenvalue weighted by molar-refractivity contribution is -0.114. The molecule has 2 aromatic carbocycles. The van der Waals surface area contributed by atoms with Gasteiger partial charge in [-0.1, -0.05) is 24.3 Å². The molecule has 0 atom stereocenters. The molecule has 0 aliphatic carbocycles. The number of carbonyl (C=O) groups excluding carboxylic acids is 3. The zero-order valence-electron chi connectivity index (χ0n) is 17.8. The fourth-order valence-electron chi connectivity index (χ4n) is 3.22. The molecule has 0 aromatic heterocycles. The molecule has 1 aliphatic heterocycles. The predicted molar refractivity (Wildman–Crippen MR) is 119 cm³/mol. The maximum Gasteiger partial charge on any atom is 0.299 e. The van der Waals surface area contributed by atoms with Crippen LogP contribution >= 0.6 is 0 Å². The van der Waals surface area contributed by atoms with E-state index in [4.69, 9.17) is 0 Å². The minimum atomic E-state index is -0.537. The van der Waals surface area contributed by atoms with Crippen LogP contribution in [-0.2, 0) is 11.3 Å². The molecule has 0 saturated carbocycles. The SMILES string of the molecule is CC=CCNc1ccc2c(c1)C(=O)C(=O)N2Cc1ccc(C(=O)NC(C)(C)C)cc1. The van der Waals surface area contributed by atoms with Crippen LogP contribution in [0.2, 0.25) is 0 Å². The van der Waals surface area contributed by atoms with Gasteiger partial charge in [-0.2, -0.15) is 0 Å². The number of amides is 2. The van der Waals surface area contributed by atoms with Crippen molar-refractivity contribution >= 4 is 29.0 Å². The van der Waals surface area contributed by atoms with Gasteiger partial charge < -0.3 is 15.5 Å². The molecule has 2 N–H and O–H groups in total. The molecule has 0 unspecified atom stereocenters. The maximum atomic E-state index is 12.6. The van der Waals surface area contributed by atoms with Gasteiger partial charge in [0.1, 0.15) is 0 Å². The van der Waals surface area contributed by atoms with Crippen LogP contribution in [0.25, 0.3) is 0 Å². The first kappa shape index (κ1) is 21.3. The van der Waals surface area contributed by atoms with E-state index < -0.39 is 11.7 Å². The number of allylic oxidation sites excluding steroid dienone is 1. The standard InChI is InChI=1S/C24H27N3O3/c1-5-6-13-25-18-11-12-20-19(14-18)21(28)23(30)27(20)15-16-7-9-17(10-8-16)22(29)26-24(2,3)4/h5-12,14,25H,13,15H2,1-4H3,(H,26,29). The van der Waals surface area contributed by atoms with Crippen LogP contribution in [0.3, 0.4) is 0 Å². The Morgan fingerprint density at radius 3 is 2.40 bits per heavy atom. The Balaban J connectivity index is 1.75. The van der Waals surface area contributed by atoms with Gasteiger partial charge in [0.05, 0.1) is 17.8 Å². The molecular formula is C24H27N3O3. The zero-order chi connectivity index (χ0) is 21.9. The second-order valence-electron chi connectivity index (χ2n) is 8.30. The summed E-state index contributed by atoms with van der Waals surface area (Å²) < 4.78 is 0. The highest BCUT2D eigenvalue weighted by molar-refractivity contribution is 6.52. The van der Waals surface area contributed by atoms with Crippen molar-refractivity contribution in [3.05, 3.63) is 71.3 Å². The monoisotopic (exact) mass is 405 g/mol. The number of hydrogen-bond donors (Lipinski definition) is 2. The van der Waals surface area contributed by atoms with Crippen LogP contribution < -0.4 is 15.5 Å². The van der Waals surface area contributed by atoms with Crippen molar-refractivity contribution in [1.29, 1.82) is 0 Å². The Hall–Kier alpha value is -3.41. The van der Waals surface area contributed by atoms with Crippen LogP contribution in [0.15, 0.2) is 54.6 Å². The average Bonchev–Trinajstić information content (AvgIpc) is 2.92. The molecule has 1 aliphatic rings. The molecule has 0 fully saturated rings. The Bertz CT molecular complexity index is 1000. The highest BCUT2D eigenvalue weighted by Gasteiger charge is 2.35. The van der Waals surface area contributed by atoms with Crippen LogP contribution in [0, 0.1) is 0 Å². The molecule has 156 valence electrons. The lowest BCUT2D eigenvalue weighted by atomic mass is 10.1. The summed E-state index contributed by atoms with van der Waals surface area (Å²) in [6, 6.07) is 12.4. The zero-order valence-corrected chi connectivity index (χ0v) is 17.8. The van der Waals surface area contributed by atoms with Crippen molar-refractivity contribution in [1.82, 2.24) is 5.32 Å². The summed E-state index contributed by atoms with van der Waals surface area (Å²) in [5.74, 6) is -1.18. The van der Waals surface area contributed by atoms with Crippen molar-refractivity contribution in [2.75, 3.05) is 16.8 Å². The first-order valence-electron chi connectivity index (χ1n) is 9.96. The molecule has 2 amide bonds. The number of nitrogens with zero attached hydrogens (tertiary/aromatic N) is 1. The Labute approximate surface area is 177 Å². The van der Waals surface area contributed by atoms with Crippen LogP contribution in [-0.4, -0.2) is 29.7 Å². The van der Waals surface area contributed by atoms with Gasteiger partial charge in [-0.3, -0.25) is 14.4 Å². The van der Waals surface area contributed by atoms with Crippen LogP contribution in [0.4, 0.5) is 11.4 Å². The largest absolute Gasteiger partial charge is 0.382 e. The Morgan fingerprint density at radius 2 is 1.77 bits per heavy atom. The summed E-state index contributed by atoms with van der Waals surface area (Å²) in [5, 5.41) is 6.12. The normalized spacial score (nSPS) is 13.7. The van der Waals surface area contributed by atoms with Gasteiger partial charge in [-0.25, -0.2) is 0 Å². The van der Waals surface area contributed by atoms with Gasteiger partial charge in [0.15, 0.2) is 0 Å². The van der Waals surface area contributed by atoms with Crippen molar-refractivity contribution < 1.29 is 14.4 Å². The van der Waals surface area contributed by atoms with Gasteiger partial charge in [-0.05, 0) is 63.6 Å². The van der Waals surface area contributed by atoms with E-state index in [2.05, 4.69) is 10.6 Å². The number of Topliss-reactive ketones (excluding diaryl/α,β-unsaturated/α-hetero) is 1. The van der Waals surface area contributed by atoms with E-state index in [1.807, 2.05) is 45.9 Å². The number of benzene rings is 2. The average molecular weight is 405 g/mol. The number of nitrogens with one attached hydrogen (secondary N) is 2. The summed E-state index contributed by atoms with van der Waals surface area (Å²) in [4.78, 5) is 38.8. The number of carbonyl (C=O) groups is 3. The molecule has 0 spiro atoms. The van der Waals surface area contributed by atoms with Crippen molar-refractivity contribution in [2.45, 2.75) is 39.8 Å². The van der Waals surface area contributed by atoms with E-state index in [1.54, 1.807) is 36.4 Å². The summed E-state index contributed by atoms with van der Waals surface area (Å²) in [7, 11) is 0. The van der Waals surface area contributed by atoms with Gasteiger partial charge in [0.2, 0.25) is 0 Å². The Morgan fingerprint density at radius 1 is 1.07 bits per heavy atom. The number of ketones is 1. The third-order valence-electron chi connectivity index (χ3n) is 4.68. The summed E-state index contributed by atoms with van der Waals surface area (Å²) >= 11 is 0. The van der Waals surface area contributed by atoms with E-state index in [0.717, 1.165) is 11.3 Å². The number of hydrogen-bond acceptors (Lipinski definition) is 4. The van der Waals surface area contributed by atoms with E-state index in [1.165, 1.54) is 4.90 Å². The highest BCUT2D eigenvalue weighted by Crippen LogP contribution is 2.32. The molecule has 2 aromatic rings. The third kappa shape index (κ3) is 4.76. The second-order valence-corrected chi connectivity index (χ2v) is 8.30. The van der Waals surface area contributed by atoms with Gasteiger partial charge in [0.25, 0.3) is 17.6 Å². The predicted octanol–water partition coefficient (Wildman–Crippen LogP) is 3.93. The topological polar surface area (TPSA) is 78.5 Å². The summed E-state index contributed by atoms with van der Waals surface area (Å²) in [5.41, 5.74) is 2.88. The molecule has 3 rings (SSSR count). The fraction of sp³-hybridized carbons (Fsp3) is 0.292. The van der Waals surface area contributed by atoms with E-state index in [-0.39, 0.29) is 18.0 Å². The minimum absolute atomic E-state index is 0.148. The third-order valence-corrected chi connectivity index (χ3v) is 4.68. The number of fused-ring (bicyclic) bond motifs is 1. The van der Waals surface area contributed by atoms with Crippen LogP contribution in [0.5, 0.6) is 0 Å². The number of anilines is 2. The molecule has 0 saturated heterocycles. The van der Waals surface area contributed by atoms with Crippen molar-refractivity contribution in [2.24, 2.45) is 0 Å². The molecule has 0 radical (unpaired) electrons. The Kier molecular flexibility index (Phi) is 6.06. The first-order valence-corrected chi connectivity index (χ1v) is 9.96. The highest BCUT2D eigenvalue weighted by atomic mass is 16.2. The first-order chi connectivity index (χ1) is 14.2. The van der Waals surface area contributed by atoms with Gasteiger partial charge >= 0.3 is 0 Å². The molecule has 0 bridgehead atoms. The van der Waals surface area contributed by atoms with Gasteiger partial charge in [0, 0.05) is 23.3 Å². The lowest BCUT2D eigenvalue weighted by Crippen LogP contribution is -2.40. The van der Waals surface area contributed by atoms with E-state index in [9.17, 15) is 14.4 Å². The minimum Gasteiger partial charge on any atom is -0.382 e. The van der Waals surface area contributed by atoms with Gasteiger partial charge in [-0.15, -0.1) is 0 Å². The molecule has 1 heterocycles. The maximum absolute atomic E-state index is 12.6. The molecular weight excluding hydrogens is 378 g/mol. The van der Waals surface area contributed by atoms with Crippen molar-refractivity contribution in [3.8, 4) is 0 Å².